The third-order valence-electron chi connectivity index (χ3n) is 5.79. The Kier molecular flexibility index (Phi) is 5.21. The molecule has 2 aromatic rings. The number of hydrogen-bond acceptors (Lipinski definition) is 4. The summed E-state index contributed by atoms with van der Waals surface area (Å²) in [5.74, 6) is -0.225. The average molecular weight is 386 g/mol. The van der Waals surface area contributed by atoms with Crippen molar-refractivity contribution in [2.45, 2.75) is 26.4 Å². The maximum absolute atomic E-state index is 13.7. The van der Waals surface area contributed by atoms with Crippen LogP contribution < -0.4 is 0 Å². The molecule has 6 nitrogen and oxygen atoms in total. The average Bonchev–Trinajstić information content (AvgIpc) is 2.79. The van der Waals surface area contributed by atoms with Gasteiger partial charge in [0.15, 0.2) is 0 Å². The number of hydrogen-bond donors (Lipinski definition) is 0. The van der Waals surface area contributed by atoms with E-state index in [0.717, 1.165) is 24.3 Å². The molecule has 2 atom stereocenters. The first-order chi connectivity index (χ1) is 13.4. The first-order valence-corrected chi connectivity index (χ1v) is 9.77. The Bertz CT molecular complexity index is 881. The van der Waals surface area contributed by atoms with Crippen LogP contribution in [0.1, 0.15) is 27.2 Å². The molecule has 1 aromatic heterocycles. The minimum absolute atomic E-state index is 0.0895. The van der Waals surface area contributed by atoms with E-state index in [0.29, 0.717) is 31.9 Å². The Morgan fingerprint density at radius 1 is 1.25 bits per heavy atom. The molecule has 0 spiro atoms. The predicted molar refractivity (Wildman–Crippen MR) is 103 cm³/mol. The van der Waals surface area contributed by atoms with Gasteiger partial charge in [-0.05, 0) is 31.5 Å². The maximum atomic E-state index is 13.7. The van der Waals surface area contributed by atoms with Crippen molar-refractivity contribution >= 4 is 5.91 Å². The second-order valence-electron chi connectivity index (χ2n) is 8.07. The number of aromatic nitrogens is 2. The molecular formula is C21H27FN4O2. The lowest BCUT2D eigenvalue weighted by molar-refractivity contribution is 0.0405. The summed E-state index contributed by atoms with van der Waals surface area (Å²) in [6.07, 6.45) is 2.06. The summed E-state index contributed by atoms with van der Waals surface area (Å²) in [6.45, 7) is 8.02. The molecule has 28 heavy (non-hydrogen) atoms. The van der Waals surface area contributed by atoms with Gasteiger partial charge in [-0.15, -0.1) is 0 Å². The number of benzene rings is 1. The summed E-state index contributed by atoms with van der Waals surface area (Å²) in [4.78, 5) is 17.5. The van der Waals surface area contributed by atoms with Crippen LogP contribution in [-0.4, -0.2) is 64.4 Å². The first-order valence-electron chi connectivity index (χ1n) is 9.77. The number of carbonyl (C=O) groups excluding carboxylic acids is 1. The molecule has 2 bridgehead atoms. The molecule has 0 aliphatic carbocycles. The normalized spacial score (nSPS) is 22.9. The molecular weight excluding hydrogens is 359 g/mol. The highest BCUT2D eigenvalue weighted by atomic mass is 19.1. The number of rotatable bonds is 3. The molecule has 0 N–H and O–H groups in total. The summed E-state index contributed by atoms with van der Waals surface area (Å²) in [5, 5.41) is 4.45. The molecule has 4 rings (SSSR count). The van der Waals surface area contributed by atoms with Gasteiger partial charge in [0.05, 0.1) is 24.9 Å². The number of halogens is 1. The highest BCUT2D eigenvalue weighted by Gasteiger charge is 2.36. The van der Waals surface area contributed by atoms with E-state index in [2.05, 4.69) is 16.2 Å². The van der Waals surface area contributed by atoms with E-state index in [4.69, 9.17) is 4.74 Å². The zero-order chi connectivity index (χ0) is 19.8. The second-order valence-corrected chi connectivity index (χ2v) is 8.07. The zero-order valence-electron chi connectivity index (χ0n) is 16.7. The van der Waals surface area contributed by atoms with Gasteiger partial charge in [0.1, 0.15) is 5.82 Å². The number of ether oxygens (including phenoxy) is 1. The summed E-state index contributed by atoms with van der Waals surface area (Å²) in [5.41, 5.74) is 3.50. The Morgan fingerprint density at radius 3 is 2.82 bits per heavy atom. The van der Waals surface area contributed by atoms with E-state index in [-0.39, 0.29) is 23.7 Å². The van der Waals surface area contributed by atoms with Crippen LogP contribution in [0, 0.1) is 25.6 Å². The third kappa shape index (κ3) is 3.82. The van der Waals surface area contributed by atoms with Crippen LogP contribution in [0.15, 0.2) is 24.4 Å². The van der Waals surface area contributed by atoms with Crippen molar-refractivity contribution in [1.82, 2.24) is 19.6 Å². The molecule has 0 unspecified atom stereocenters. The fourth-order valence-corrected chi connectivity index (χ4v) is 4.31. The quantitative estimate of drug-likeness (QED) is 0.811. The molecule has 2 aliphatic heterocycles. The molecule has 1 amide bonds. The van der Waals surface area contributed by atoms with Crippen LogP contribution >= 0.6 is 0 Å². The Morgan fingerprint density at radius 2 is 2.07 bits per heavy atom. The summed E-state index contributed by atoms with van der Waals surface area (Å²) in [7, 11) is 1.93. The SMILES string of the molecule is Cc1ccc(F)cc1C(=O)N1C[C@@H]2COC[C@H](C1)N(Cc1cn(C)nc1C)C2. The van der Waals surface area contributed by atoms with Crippen molar-refractivity contribution in [3.05, 3.63) is 52.6 Å². The summed E-state index contributed by atoms with van der Waals surface area (Å²) in [6, 6.07) is 4.53. The molecule has 0 saturated carbocycles. The monoisotopic (exact) mass is 386 g/mol. The van der Waals surface area contributed by atoms with Crippen LogP contribution in [0.3, 0.4) is 0 Å². The van der Waals surface area contributed by atoms with Gasteiger partial charge in [-0.2, -0.15) is 5.10 Å². The lowest BCUT2D eigenvalue weighted by Gasteiger charge is -2.31. The van der Waals surface area contributed by atoms with Crippen molar-refractivity contribution in [3.63, 3.8) is 0 Å². The van der Waals surface area contributed by atoms with E-state index in [1.165, 1.54) is 17.7 Å². The smallest absolute Gasteiger partial charge is 0.254 e. The molecule has 1 aromatic carbocycles. The van der Waals surface area contributed by atoms with E-state index >= 15 is 0 Å². The molecule has 2 saturated heterocycles. The van der Waals surface area contributed by atoms with Gasteiger partial charge < -0.3 is 9.64 Å². The fraction of sp³-hybridized carbons (Fsp3) is 0.524. The van der Waals surface area contributed by atoms with E-state index < -0.39 is 0 Å². The highest BCUT2D eigenvalue weighted by Crippen LogP contribution is 2.24. The Balaban J connectivity index is 1.56. The van der Waals surface area contributed by atoms with Gasteiger partial charge in [-0.25, -0.2) is 4.39 Å². The third-order valence-corrected chi connectivity index (χ3v) is 5.79. The second kappa shape index (κ2) is 7.64. The van der Waals surface area contributed by atoms with Crippen molar-refractivity contribution in [2.24, 2.45) is 13.0 Å². The molecule has 2 aliphatic rings. The minimum atomic E-state index is -0.374. The van der Waals surface area contributed by atoms with Crippen LogP contribution in [0.25, 0.3) is 0 Å². The maximum Gasteiger partial charge on any atom is 0.254 e. The van der Waals surface area contributed by atoms with Gasteiger partial charge in [-0.1, -0.05) is 6.07 Å². The van der Waals surface area contributed by atoms with Gasteiger partial charge >= 0.3 is 0 Å². The van der Waals surface area contributed by atoms with Crippen LogP contribution in [0.4, 0.5) is 4.39 Å². The number of carbonyl (C=O) groups is 1. The Labute approximate surface area is 164 Å². The van der Waals surface area contributed by atoms with Crippen LogP contribution in [0.5, 0.6) is 0 Å². The van der Waals surface area contributed by atoms with Gasteiger partial charge in [0.2, 0.25) is 0 Å². The molecule has 3 heterocycles. The van der Waals surface area contributed by atoms with Crippen molar-refractivity contribution < 1.29 is 13.9 Å². The van der Waals surface area contributed by atoms with Crippen molar-refractivity contribution in [3.8, 4) is 0 Å². The molecule has 150 valence electrons. The van der Waals surface area contributed by atoms with Crippen molar-refractivity contribution in [2.75, 3.05) is 32.8 Å². The number of nitrogens with zero attached hydrogens (tertiary/aromatic N) is 4. The Hall–Kier alpha value is -2.25. The fourth-order valence-electron chi connectivity index (χ4n) is 4.31. The molecule has 7 heteroatoms. The largest absolute Gasteiger partial charge is 0.379 e. The lowest BCUT2D eigenvalue weighted by atomic mass is 10.1. The summed E-state index contributed by atoms with van der Waals surface area (Å²) >= 11 is 0. The minimum Gasteiger partial charge on any atom is -0.379 e. The van der Waals surface area contributed by atoms with Gasteiger partial charge in [-0.3, -0.25) is 14.4 Å². The number of fused-ring (bicyclic) bond motifs is 3. The van der Waals surface area contributed by atoms with Gasteiger partial charge in [0, 0.05) is 56.5 Å². The topological polar surface area (TPSA) is 50.6 Å². The first kappa shape index (κ1) is 19.1. The van der Waals surface area contributed by atoms with Gasteiger partial charge in [0.25, 0.3) is 5.91 Å². The number of aryl methyl sites for hydroxylation is 3. The lowest BCUT2D eigenvalue weighted by Crippen LogP contribution is -2.45. The van der Waals surface area contributed by atoms with E-state index in [1.807, 2.05) is 30.5 Å². The highest BCUT2D eigenvalue weighted by molar-refractivity contribution is 5.95. The van der Waals surface area contributed by atoms with Crippen LogP contribution in [-0.2, 0) is 18.3 Å². The summed E-state index contributed by atoms with van der Waals surface area (Å²) < 4.78 is 21.4. The zero-order valence-corrected chi connectivity index (χ0v) is 16.7. The van der Waals surface area contributed by atoms with Crippen molar-refractivity contribution in [1.29, 1.82) is 0 Å². The number of amides is 1. The van der Waals surface area contributed by atoms with Crippen LogP contribution in [0.2, 0.25) is 0 Å². The predicted octanol–water partition coefficient (Wildman–Crippen LogP) is 2.15. The van der Waals surface area contributed by atoms with E-state index in [9.17, 15) is 9.18 Å². The standard InChI is InChI=1S/C21H27FN4O2/c1-14-4-5-18(22)6-20(14)21(27)26-8-16-7-25(19(11-26)13-28-12-16)10-17-9-24(3)23-15(17)2/h4-6,9,16,19H,7-8,10-13H2,1-3H3/t16-,19+/m1/s1. The van der Waals surface area contributed by atoms with E-state index in [1.54, 1.807) is 6.07 Å². The molecule has 0 radical (unpaired) electrons. The molecule has 2 fully saturated rings.